The van der Waals surface area contributed by atoms with Crippen LogP contribution < -0.4 is 63.8 Å². The first-order valence-electron chi connectivity index (χ1n) is 53.9. The van der Waals surface area contributed by atoms with Crippen LogP contribution >= 0.6 is 58.0 Å². The number of nitrogens with zero attached hydrogens (tertiary/aromatic N) is 1. The van der Waals surface area contributed by atoms with Crippen LogP contribution in [0.15, 0.2) is 189 Å². The molecule has 8 aromatic rings. The molecule has 1 fully saturated rings. The van der Waals surface area contributed by atoms with E-state index in [4.69, 9.17) is 58.0 Å². The number of nitrogens with one attached hydrogen (secondary N) is 12. The summed E-state index contributed by atoms with van der Waals surface area (Å²) in [5, 5.41) is 44.7. The summed E-state index contributed by atoms with van der Waals surface area (Å²) in [6.07, 6.45) is 9.55. The van der Waals surface area contributed by atoms with E-state index in [2.05, 4.69) is 403 Å². The smallest absolute Gasteiger partial charge is 0.159 e. The summed E-state index contributed by atoms with van der Waals surface area (Å²) in [4.78, 5) is 4.00. The zero-order valence-electron chi connectivity index (χ0n) is 103. The molecule has 12 N–H and O–H groups in total. The molecule has 150 heavy (non-hydrogen) atoms. The second-order valence-electron chi connectivity index (χ2n) is 52.6. The molecule has 0 bridgehead atoms. The van der Waals surface area contributed by atoms with E-state index in [1.807, 2.05) is 147 Å². The van der Waals surface area contributed by atoms with Gasteiger partial charge in [0.1, 0.15) is 17.5 Å². The van der Waals surface area contributed by atoms with Crippen LogP contribution in [-0.4, -0.2) is 95.6 Å². The van der Waals surface area contributed by atoms with Gasteiger partial charge < -0.3 is 63.8 Å². The predicted molar refractivity (Wildman–Crippen MR) is 653 cm³/mol. The lowest BCUT2D eigenvalue weighted by Crippen LogP contribution is -2.44. The molecule has 0 aliphatic heterocycles. The molecule has 7 aromatic carbocycles. The monoisotopic (exact) mass is 2190 g/mol. The molecule has 1 aromatic heterocycles. The standard InChI is InChI=1S/2C12H17Cl2N.C12H18ClN.2C12H17F2N.C12H18FN.C12H19N.C11H18N2.C9H21N.C8H19N.C8H17N.C7H15N/c1-8(15-12(2,3)4)10-6-5-9(13)7-11(10)14;1-8(15-12(2,3)4)9-5-6-10(13)11(14)7-9;1-9(14-12(2,3)4)10-5-7-11(13)8-6-10;1-8(15-12(2,3)4)10-6-5-9(13)7-11(10)14;1-8(15-12(2,3)4)9-5-6-10(13)11(14)7-9;1-9(14-12(2,3)4)10-5-7-11(13)8-6-10;1-10(13-12(2,3)4)11-8-6-5-7-9-11;1-9(13-11(2,3)4)10-5-7-12-8-6-10;1-7(2)8(3)10-9(4,5)6;2*1-6-7(2)9-8(3,4)5;1-7(2,3)8-6-4-5-6/h2*5-8,15H,1-4H3;5-9,14H,1-4H3;2*5-8,15H,1-4H3;5-9,14H,1-4H3;5-10,13H,1-4H3;5-9,13H,1-4H3;7-8,10H,1-6H3;7,9H,6H2,1-5H3;6-7,9H,1H2,2-5H3;6,8H,4-5H2,1-3H3/t2*8-;9-;2*8-;9-;10-;9-;8-;2*7-;/m00000000000./s1. The fourth-order valence-corrected chi connectivity index (χ4v) is 16.3. The lowest BCUT2D eigenvalue weighted by Gasteiger charge is -2.28. The largest absolute Gasteiger partial charge is 0.310 e. The van der Waals surface area contributed by atoms with Crippen molar-refractivity contribution in [2.45, 2.75) is 504 Å². The molecule has 1 heterocycles. The van der Waals surface area contributed by atoms with Crippen molar-refractivity contribution in [2.75, 3.05) is 0 Å². The molecule has 856 valence electrons. The molecule has 1 saturated carbocycles. The van der Waals surface area contributed by atoms with Crippen molar-refractivity contribution in [1.29, 1.82) is 0 Å². The maximum Gasteiger partial charge on any atom is 0.159 e. The number of aromatic nitrogens is 1. The molecular weight excluding hydrogens is 1980 g/mol. The summed E-state index contributed by atoms with van der Waals surface area (Å²) < 4.78 is 64.4. The Labute approximate surface area is 940 Å². The summed E-state index contributed by atoms with van der Waals surface area (Å²) in [6, 6.07) is 52.5. The second kappa shape index (κ2) is 68.7. The van der Waals surface area contributed by atoms with E-state index >= 15 is 0 Å². The van der Waals surface area contributed by atoms with Crippen molar-refractivity contribution in [3.05, 3.63) is 288 Å². The van der Waals surface area contributed by atoms with Gasteiger partial charge in [-0.1, -0.05) is 164 Å². The number of benzene rings is 7. The van der Waals surface area contributed by atoms with Crippen molar-refractivity contribution in [2.24, 2.45) is 5.92 Å². The molecule has 0 unspecified atom stereocenters. The van der Waals surface area contributed by atoms with Crippen LogP contribution in [0.3, 0.4) is 0 Å². The second-order valence-corrected chi connectivity index (χ2v) is 54.7. The summed E-state index contributed by atoms with van der Waals surface area (Å²) >= 11 is 29.6. The lowest BCUT2D eigenvalue weighted by atomic mass is 10.0. The molecule has 13 nitrogen and oxygen atoms in total. The first-order chi connectivity index (χ1) is 67.7. The van der Waals surface area contributed by atoms with Gasteiger partial charge in [-0.3, -0.25) is 4.98 Å². The minimum absolute atomic E-state index is 0.0000926. The highest BCUT2D eigenvalue weighted by Crippen LogP contribution is 2.32. The normalized spacial score (nSPS) is 14.7. The molecule has 1 aliphatic rings. The van der Waals surface area contributed by atoms with E-state index in [1.54, 1.807) is 12.1 Å². The van der Waals surface area contributed by atoms with Crippen molar-refractivity contribution in [1.82, 2.24) is 68.8 Å². The number of halogens is 10. The van der Waals surface area contributed by atoms with Crippen molar-refractivity contribution < 1.29 is 22.0 Å². The van der Waals surface area contributed by atoms with Gasteiger partial charge in [0.2, 0.25) is 0 Å². The molecule has 11 atom stereocenters. The van der Waals surface area contributed by atoms with Crippen molar-refractivity contribution in [3.8, 4) is 0 Å². The Bertz CT molecular complexity index is 4660. The maximum atomic E-state index is 13.4. The first-order valence-corrected chi connectivity index (χ1v) is 55.8. The Balaban J connectivity index is -0.00000158. The van der Waals surface area contributed by atoms with Crippen LogP contribution in [0.4, 0.5) is 22.0 Å². The Morgan fingerprint density at radius 3 is 0.900 bits per heavy atom. The number of rotatable bonds is 23. The van der Waals surface area contributed by atoms with E-state index in [0.29, 0.717) is 67.4 Å². The number of hydrogen-bond acceptors (Lipinski definition) is 13. The lowest BCUT2D eigenvalue weighted by molar-refractivity contribution is 0.320. The summed E-state index contributed by atoms with van der Waals surface area (Å²) in [6.45, 7) is 111. The number of pyridine rings is 1. The van der Waals surface area contributed by atoms with Gasteiger partial charge >= 0.3 is 0 Å². The molecule has 0 amide bonds. The third-order valence-electron chi connectivity index (χ3n) is 21.4. The molecule has 0 saturated heterocycles. The highest BCUT2D eigenvalue weighted by atomic mass is 35.5. The van der Waals surface area contributed by atoms with Gasteiger partial charge in [-0.25, -0.2) is 22.0 Å². The third kappa shape index (κ3) is 82.5. The molecule has 23 heteroatoms. The van der Waals surface area contributed by atoms with E-state index in [-0.39, 0.29) is 97.0 Å². The maximum absolute atomic E-state index is 13.4. The zero-order chi connectivity index (χ0) is 117. The average molecular weight is 2190 g/mol. The fourth-order valence-electron chi connectivity index (χ4n) is 15.3. The van der Waals surface area contributed by atoms with Gasteiger partial charge in [0.15, 0.2) is 11.6 Å². The van der Waals surface area contributed by atoms with Crippen molar-refractivity contribution >= 4 is 58.0 Å². The SMILES string of the molecule is C=C[C@H](C)NC(C)(C)C.CC(C)(C)NC1CC1.CC(C)[C@H](C)NC(C)(C)C.CC[C@H](C)NC(C)(C)C.C[C@H](NC(C)(C)C)c1ccc(Cl)c(Cl)c1.C[C@H](NC(C)(C)C)c1ccc(Cl)cc1.C[C@H](NC(C)(C)C)c1ccc(Cl)cc1Cl.C[C@H](NC(C)(C)C)c1ccc(F)c(F)c1.C[C@H](NC(C)(C)C)c1ccc(F)cc1.C[C@H](NC(C)(C)C)c1ccc(F)cc1F.C[C@H](NC(C)(C)C)c1ccccc1.C[C@H](NC(C)(C)C)c1ccncc1. The highest BCUT2D eigenvalue weighted by Gasteiger charge is 2.28. The summed E-state index contributed by atoms with van der Waals surface area (Å²) in [5.41, 5.74) is 10.1. The Morgan fingerprint density at radius 1 is 0.287 bits per heavy atom. The summed E-state index contributed by atoms with van der Waals surface area (Å²) in [7, 11) is 0. The van der Waals surface area contributed by atoms with E-state index < -0.39 is 23.3 Å². The van der Waals surface area contributed by atoms with Crippen LogP contribution in [0, 0.1) is 35.0 Å². The molecule has 0 spiro atoms. The Morgan fingerprint density at radius 2 is 0.600 bits per heavy atom. The van der Waals surface area contributed by atoms with Gasteiger partial charge in [-0.15, -0.1) is 6.58 Å². The van der Waals surface area contributed by atoms with Gasteiger partial charge in [-0.05, 0) is 468 Å². The quantitative estimate of drug-likeness (QED) is 0.0217. The Hall–Kier alpha value is -5.95. The highest BCUT2D eigenvalue weighted by molar-refractivity contribution is 6.42. The number of hydrogen-bond donors (Lipinski definition) is 12. The summed E-state index contributed by atoms with van der Waals surface area (Å²) in [5.74, 6) is -2.11. The van der Waals surface area contributed by atoms with E-state index in [1.165, 1.54) is 66.3 Å². The molecule has 1 aliphatic carbocycles. The fraction of sp³-hybridized carbons (Fsp3) is 0.614. The van der Waals surface area contributed by atoms with Crippen LogP contribution in [0.25, 0.3) is 0 Å². The first kappa shape index (κ1) is 148. The van der Waals surface area contributed by atoms with Crippen LogP contribution in [-0.2, 0) is 0 Å². The van der Waals surface area contributed by atoms with E-state index in [0.717, 1.165) is 51.4 Å². The minimum atomic E-state index is -0.804. The third-order valence-corrected chi connectivity index (χ3v) is 22.9. The molecule has 9 rings (SSSR count). The minimum Gasteiger partial charge on any atom is -0.310 e. The topological polar surface area (TPSA) is 157 Å². The Kier molecular flexibility index (Phi) is 67.8. The molecular formula is C127H213Cl5F5N13. The van der Waals surface area contributed by atoms with Crippen LogP contribution in [0.5, 0.6) is 0 Å². The van der Waals surface area contributed by atoms with Gasteiger partial charge in [-0.2, -0.15) is 0 Å². The zero-order valence-corrected chi connectivity index (χ0v) is 107. The van der Waals surface area contributed by atoms with Gasteiger partial charge in [0.25, 0.3) is 0 Å². The average Bonchev–Trinajstić information content (AvgIpc) is 1.24. The van der Waals surface area contributed by atoms with Crippen molar-refractivity contribution in [3.63, 3.8) is 0 Å². The van der Waals surface area contributed by atoms with Gasteiger partial charge in [0, 0.05) is 178 Å². The molecule has 0 radical (unpaired) electrons. The van der Waals surface area contributed by atoms with Gasteiger partial charge in [0.05, 0.1) is 10.0 Å². The predicted octanol–water partition coefficient (Wildman–Crippen LogP) is 36.5. The van der Waals surface area contributed by atoms with Crippen LogP contribution in [0.2, 0.25) is 25.1 Å². The van der Waals surface area contributed by atoms with E-state index in [9.17, 15) is 22.0 Å². The van der Waals surface area contributed by atoms with Crippen LogP contribution in [0.1, 0.15) is 458 Å².